The van der Waals surface area contributed by atoms with Gasteiger partial charge in [-0.3, -0.25) is 4.68 Å². The molecule has 0 unspecified atom stereocenters. The molecule has 0 aliphatic rings. The summed E-state index contributed by atoms with van der Waals surface area (Å²) in [6, 6.07) is 6.53. The van der Waals surface area contributed by atoms with Gasteiger partial charge in [0.15, 0.2) is 0 Å². The predicted octanol–water partition coefficient (Wildman–Crippen LogP) is 2.37. The topological polar surface area (TPSA) is 68.2 Å². The lowest BCUT2D eigenvalue weighted by Gasteiger charge is -2.11. The molecule has 0 saturated heterocycles. The summed E-state index contributed by atoms with van der Waals surface area (Å²) < 4.78 is 6.89. The molecule has 0 aliphatic carbocycles. The highest BCUT2D eigenvalue weighted by Crippen LogP contribution is 2.27. The maximum atomic E-state index is 11.8. The Balaban J connectivity index is 1.86. The Hall–Kier alpha value is -2.21. The number of hydrogen-bond donors (Lipinski definition) is 2. The van der Waals surface area contributed by atoms with Gasteiger partial charge in [-0.1, -0.05) is 11.6 Å². The highest BCUT2D eigenvalue weighted by atomic mass is 35.5. The van der Waals surface area contributed by atoms with E-state index in [0.29, 0.717) is 29.5 Å². The first-order chi connectivity index (χ1) is 9.69. The van der Waals surface area contributed by atoms with Gasteiger partial charge in [-0.15, -0.1) is 0 Å². The molecule has 1 aromatic carbocycles. The number of urea groups is 1. The van der Waals surface area contributed by atoms with Crippen LogP contribution in [0.5, 0.6) is 5.75 Å². The number of anilines is 1. The molecule has 7 heteroatoms. The third-order valence-corrected chi connectivity index (χ3v) is 2.83. The summed E-state index contributed by atoms with van der Waals surface area (Å²) in [5.74, 6) is 0.552. The number of hydrogen-bond acceptors (Lipinski definition) is 3. The SMILES string of the molecule is COc1ccc(Cl)cc1NC(=O)NCCn1cccn1. The molecule has 1 heterocycles. The summed E-state index contributed by atoms with van der Waals surface area (Å²) in [5, 5.41) is 9.99. The number of rotatable bonds is 5. The smallest absolute Gasteiger partial charge is 0.319 e. The monoisotopic (exact) mass is 294 g/mol. The molecule has 0 radical (unpaired) electrons. The molecule has 1 aromatic heterocycles. The zero-order valence-corrected chi connectivity index (χ0v) is 11.7. The second kappa shape index (κ2) is 6.81. The van der Waals surface area contributed by atoms with E-state index in [4.69, 9.17) is 16.3 Å². The molecule has 0 bridgehead atoms. The Kier molecular flexibility index (Phi) is 4.84. The Bertz CT molecular complexity index is 572. The van der Waals surface area contributed by atoms with Crippen molar-refractivity contribution in [1.29, 1.82) is 0 Å². The van der Waals surface area contributed by atoms with Crippen molar-refractivity contribution >= 4 is 23.3 Å². The third-order valence-electron chi connectivity index (χ3n) is 2.60. The minimum absolute atomic E-state index is 0.322. The number of methoxy groups -OCH3 is 1. The van der Waals surface area contributed by atoms with E-state index in [1.807, 2.05) is 12.3 Å². The van der Waals surface area contributed by atoms with Crippen molar-refractivity contribution in [3.05, 3.63) is 41.7 Å². The quantitative estimate of drug-likeness (QED) is 0.889. The van der Waals surface area contributed by atoms with Crippen molar-refractivity contribution in [1.82, 2.24) is 15.1 Å². The molecular weight excluding hydrogens is 280 g/mol. The second-order valence-corrected chi connectivity index (χ2v) is 4.43. The van der Waals surface area contributed by atoms with Gasteiger partial charge in [0.05, 0.1) is 19.3 Å². The zero-order chi connectivity index (χ0) is 14.4. The predicted molar refractivity (Wildman–Crippen MR) is 77.3 cm³/mol. The summed E-state index contributed by atoms with van der Waals surface area (Å²) in [6.07, 6.45) is 3.52. The van der Waals surface area contributed by atoms with Crippen molar-refractivity contribution in [2.45, 2.75) is 6.54 Å². The highest BCUT2D eigenvalue weighted by Gasteiger charge is 2.07. The first-order valence-corrected chi connectivity index (χ1v) is 6.42. The van der Waals surface area contributed by atoms with Gasteiger partial charge >= 0.3 is 6.03 Å². The van der Waals surface area contributed by atoms with Crippen LogP contribution in [0.25, 0.3) is 0 Å². The molecule has 20 heavy (non-hydrogen) atoms. The second-order valence-electron chi connectivity index (χ2n) is 3.99. The minimum Gasteiger partial charge on any atom is -0.495 e. The van der Waals surface area contributed by atoms with E-state index in [1.54, 1.807) is 29.1 Å². The van der Waals surface area contributed by atoms with Gasteiger partial charge < -0.3 is 15.4 Å². The van der Waals surface area contributed by atoms with Gasteiger partial charge in [0.25, 0.3) is 0 Å². The van der Waals surface area contributed by atoms with Crippen molar-refractivity contribution in [3.63, 3.8) is 0 Å². The number of benzene rings is 1. The summed E-state index contributed by atoms with van der Waals surface area (Å²) >= 11 is 5.89. The van der Waals surface area contributed by atoms with E-state index in [2.05, 4.69) is 15.7 Å². The number of halogens is 1. The van der Waals surface area contributed by atoms with E-state index in [0.717, 1.165) is 0 Å². The molecule has 0 fully saturated rings. The molecule has 0 atom stereocenters. The Morgan fingerprint density at radius 2 is 2.35 bits per heavy atom. The van der Waals surface area contributed by atoms with E-state index in [-0.39, 0.29) is 6.03 Å². The summed E-state index contributed by atoms with van der Waals surface area (Å²) in [4.78, 5) is 11.8. The van der Waals surface area contributed by atoms with Gasteiger partial charge in [0, 0.05) is 24.0 Å². The Morgan fingerprint density at radius 1 is 1.50 bits per heavy atom. The Labute approximate surface area is 121 Å². The normalized spacial score (nSPS) is 10.1. The molecule has 0 spiro atoms. The average molecular weight is 295 g/mol. The third kappa shape index (κ3) is 3.89. The van der Waals surface area contributed by atoms with E-state index < -0.39 is 0 Å². The van der Waals surface area contributed by atoms with Crippen LogP contribution in [0.4, 0.5) is 10.5 Å². The number of nitrogens with zero attached hydrogens (tertiary/aromatic N) is 2. The minimum atomic E-state index is -0.322. The van der Waals surface area contributed by atoms with Crippen LogP contribution in [-0.4, -0.2) is 29.5 Å². The average Bonchev–Trinajstić information content (AvgIpc) is 2.92. The zero-order valence-electron chi connectivity index (χ0n) is 11.0. The number of nitrogens with one attached hydrogen (secondary N) is 2. The molecule has 0 aliphatic heterocycles. The molecular formula is C13H15ClN4O2. The van der Waals surface area contributed by atoms with Crippen molar-refractivity contribution in [3.8, 4) is 5.75 Å². The maximum absolute atomic E-state index is 11.8. The lowest BCUT2D eigenvalue weighted by Crippen LogP contribution is -2.31. The van der Waals surface area contributed by atoms with E-state index in [1.165, 1.54) is 7.11 Å². The van der Waals surface area contributed by atoms with E-state index >= 15 is 0 Å². The van der Waals surface area contributed by atoms with Crippen LogP contribution in [0.3, 0.4) is 0 Å². The van der Waals surface area contributed by atoms with Crippen LogP contribution in [0.2, 0.25) is 5.02 Å². The first kappa shape index (κ1) is 14.2. The number of carbonyl (C=O) groups excluding carboxylic acids is 1. The van der Waals surface area contributed by atoms with Crippen molar-refractivity contribution < 1.29 is 9.53 Å². The fraction of sp³-hybridized carbons (Fsp3) is 0.231. The number of carbonyl (C=O) groups is 1. The molecule has 106 valence electrons. The fourth-order valence-corrected chi connectivity index (χ4v) is 1.83. The van der Waals surface area contributed by atoms with E-state index in [9.17, 15) is 4.79 Å². The first-order valence-electron chi connectivity index (χ1n) is 6.05. The fourth-order valence-electron chi connectivity index (χ4n) is 1.66. The standard InChI is InChI=1S/C13H15ClN4O2/c1-20-12-4-3-10(14)9-11(12)17-13(19)15-6-8-18-7-2-5-16-18/h2-5,7,9H,6,8H2,1H3,(H2,15,17,19). The number of ether oxygens (including phenoxy) is 1. The largest absolute Gasteiger partial charge is 0.495 e. The lowest BCUT2D eigenvalue weighted by atomic mass is 10.3. The molecule has 2 amide bonds. The summed E-state index contributed by atoms with van der Waals surface area (Å²) in [7, 11) is 1.53. The van der Waals surface area contributed by atoms with Crippen LogP contribution in [0.1, 0.15) is 0 Å². The summed E-state index contributed by atoms with van der Waals surface area (Å²) in [5.41, 5.74) is 0.525. The number of aromatic nitrogens is 2. The molecule has 0 saturated carbocycles. The summed E-state index contributed by atoms with van der Waals surface area (Å²) in [6.45, 7) is 1.07. The van der Waals surface area contributed by atoms with Gasteiger partial charge in [0.1, 0.15) is 5.75 Å². The van der Waals surface area contributed by atoms with Gasteiger partial charge in [0.2, 0.25) is 0 Å². The molecule has 6 nitrogen and oxygen atoms in total. The molecule has 2 N–H and O–H groups in total. The van der Waals surface area contributed by atoms with Crippen LogP contribution in [-0.2, 0) is 6.54 Å². The van der Waals surface area contributed by atoms with Gasteiger partial charge in [-0.2, -0.15) is 5.10 Å². The highest BCUT2D eigenvalue weighted by molar-refractivity contribution is 6.31. The van der Waals surface area contributed by atoms with Crippen LogP contribution in [0, 0.1) is 0 Å². The van der Waals surface area contributed by atoms with Crippen molar-refractivity contribution in [2.24, 2.45) is 0 Å². The molecule has 2 aromatic rings. The van der Waals surface area contributed by atoms with Crippen LogP contribution >= 0.6 is 11.6 Å². The molecule has 2 rings (SSSR count). The maximum Gasteiger partial charge on any atom is 0.319 e. The lowest BCUT2D eigenvalue weighted by molar-refractivity contribution is 0.251. The van der Waals surface area contributed by atoms with Gasteiger partial charge in [-0.25, -0.2) is 4.79 Å². The van der Waals surface area contributed by atoms with Crippen LogP contribution in [0.15, 0.2) is 36.7 Å². The van der Waals surface area contributed by atoms with Crippen molar-refractivity contribution in [2.75, 3.05) is 19.0 Å². The van der Waals surface area contributed by atoms with Crippen LogP contribution < -0.4 is 15.4 Å². The van der Waals surface area contributed by atoms with Gasteiger partial charge in [-0.05, 0) is 24.3 Å². The number of amides is 2. The Morgan fingerprint density at radius 3 is 3.05 bits per heavy atom.